The van der Waals surface area contributed by atoms with Gasteiger partial charge in [0, 0.05) is 31.8 Å². The van der Waals surface area contributed by atoms with Crippen molar-refractivity contribution < 1.29 is 4.42 Å². The van der Waals surface area contributed by atoms with E-state index >= 15 is 0 Å². The van der Waals surface area contributed by atoms with E-state index in [1.54, 1.807) is 6.92 Å². The average Bonchev–Trinajstić information content (AvgIpc) is 2.72. The van der Waals surface area contributed by atoms with Gasteiger partial charge in [-0.25, -0.2) is 0 Å². The van der Waals surface area contributed by atoms with Gasteiger partial charge in [-0.1, -0.05) is 5.10 Å². The van der Waals surface area contributed by atoms with Crippen LogP contribution in [-0.4, -0.2) is 20.0 Å². The highest BCUT2D eigenvalue weighted by molar-refractivity contribution is 5.29. The van der Waals surface area contributed by atoms with Gasteiger partial charge < -0.3 is 9.73 Å². The molecule has 0 fully saturated rings. The summed E-state index contributed by atoms with van der Waals surface area (Å²) >= 11 is 0. The van der Waals surface area contributed by atoms with Crippen molar-refractivity contribution in [3.05, 3.63) is 22.8 Å². The molecule has 0 bridgehead atoms. The molecular formula is C10H15N5O. The number of hydrogen-bond donors (Lipinski definition) is 1. The van der Waals surface area contributed by atoms with E-state index in [1.807, 2.05) is 25.6 Å². The second-order valence-corrected chi connectivity index (χ2v) is 3.75. The Balaban J connectivity index is 2.10. The highest BCUT2D eigenvalue weighted by atomic mass is 16.4. The second kappa shape index (κ2) is 3.96. The first-order valence-electron chi connectivity index (χ1n) is 5.11. The van der Waals surface area contributed by atoms with Crippen LogP contribution in [0, 0.1) is 20.8 Å². The summed E-state index contributed by atoms with van der Waals surface area (Å²) < 4.78 is 7.10. The first-order chi connectivity index (χ1) is 7.58. The number of aryl methyl sites for hydroxylation is 3. The number of nitrogens with zero attached hydrogens (tertiary/aromatic N) is 4. The summed E-state index contributed by atoms with van der Waals surface area (Å²) in [5.41, 5.74) is 3.32. The van der Waals surface area contributed by atoms with Crippen molar-refractivity contribution in [3.63, 3.8) is 0 Å². The normalized spacial score (nSPS) is 10.8. The average molecular weight is 221 g/mol. The van der Waals surface area contributed by atoms with Gasteiger partial charge in [-0.3, -0.25) is 4.68 Å². The van der Waals surface area contributed by atoms with Gasteiger partial charge in [0.05, 0.1) is 5.69 Å². The van der Waals surface area contributed by atoms with Crippen LogP contribution in [0.5, 0.6) is 0 Å². The Labute approximate surface area is 93.7 Å². The Morgan fingerprint density at radius 3 is 2.50 bits per heavy atom. The fourth-order valence-electron chi connectivity index (χ4n) is 1.61. The van der Waals surface area contributed by atoms with Crippen molar-refractivity contribution in [1.29, 1.82) is 0 Å². The van der Waals surface area contributed by atoms with Crippen LogP contribution in [0.25, 0.3) is 0 Å². The Morgan fingerprint density at radius 2 is 2.00 bits per heavy atom. The molecule has 0 aliphatic heterocycles. The molecule has 16 heavy (non-hydrogen) atoms. The summed E-state index contributed by atoms with van der Waals surface area (Å²) in [7, 11) is 1.93. The van der Waals surface area contributed by atoms with Gasteiger partial charge >= 0.3 is 6.01 Å². The summed E-state index contributed by atoms with van der Waals surface area (Å²) in [6, 6.07) is 0.445. The lowest BCUT2D eigenvalue weighted by Gasteiger charge is -2.01. The standard InChI is InChI=1S/C10H15N5O/c1-6-9(7(2)15(4)14-6)5-11-10-13-12-8(3)16-10/h5H2,1-4H3,(H,11,13). The molecule has 0 amide bonds. The number of aromatic nitrogens is 4. The molecule has 2 aromatic heterocycles. The van der Waals surface area contributed by atoms with Crippen LogP contribution >= 0.6 is 0 Å². The van der Waals surface area contributed by atoms with E-state index in [0.29, 0.717) is 18.5 Å². The third-order valence-electron chi connectivity index (χ3n) is 2.60. The molecule has 0 aliphatic rings. The zero-order valence-electron chi connectivity index (χ0n) is 9.90. The van der Waals surface area contributed by atoms with Crippen LogP contribution in [0.2, 0.25) is 0 Å². The summed E-state index contributed by atoms with van der Waals surface area (Å²) in [5.74, 6) is 0.558. The largest absolute Gasteiger partial charge is 0.408 e. The van der Waals surface area contributed by atoms with Crippen molar-refractivity contribution in [2.75, 3.05) is 5.32 Å². The molecular weight excluding hydrogens is 206 g/mol. The van der Waals surface area contributed by atoms with E-state index in [9.17, 15) is 0 Å². The molecule has 6 heteroatoms. The van der Waals surface area contributed by atoms with Gasteiger partial charge in [0.2, 0.25) is 5.89 Å². The van der Waals surface area contributed by atoms with Crippen LogP contribution in [0.4, 0.5) is 6.01 Å². The van der Waals surface area contributed by atoms with E-state index < -0.39 is 0 Å². The molecule has 2 rings (SSSR count). The maximum atomic E-state index is 5.23. The number of nitrogens with one attached hydrogen (secondary N) is 1. The maximum Gasteiger partial charge on any atom is 0.315 e. The van der Waals surface area contributed by atoms with E-state index in [-0.39, 0.29) is 0 Å². The molecule has 2 heterocycles. The van der Waals surface area contributed by atoms with E-state index in [0.717, 1.165) is 11.4 Å². The lowest BCUT2D eigenvalue weighted by Crippen LogP contribution is -2.02. The maximum absolute atomic E-state index is 5.23. The molecule has 0 aliphatic carbocycles. The lowest BCUT2D eigenvalue weighted by molar-refractivity contribution is 0.530. The van der Waals surface area contributed by atoms with Crippen molar-refractivity contribution in [2.45, 2.75) is 27.3 Å². The Hall–Kier alpha value is -1.85. The van der Waals surface area contributed by atoms with Crippen molar-refractivity contribution in [2.24, 2.45) is 7.05 Å². The van der Waals surface area contributed by atoms with E-state index in [2.05, 4.69) is 20.6 Å². The molecule has 0 atom stereocenters. The summed E-state index contributed by atoms with van der Waals surface area (Å²) in [6.45, 7) is 6.44. The molecule has 0 radical (unpaired) electrons. The fraction of sp³-hybridized carbons (Fsp3) is 0.500. The molecule has 1 N–H and O–H groups in total. The summed E-state index contributed by atoms with van der Waals surface area (Å²) in [5, 5.41) is 15.0. The third-order valence-corrected chi connectivity index (χ3v) is 2.60. The first kappa shape index (κ1) is 10.7. The predicted molar refractivity (Wildman–Crippen MR) is 59.0 cm³/mol. The zero-order valence-corrected chi connectivity index (χ0v) is 9.90. The molecule has 0 saturated heterocycles. The Kier molecular flexibility index (Phi) is 2.64. The minimum atomic E-state index is 0.445. The highest BCUT2D eigenvalue weighted by Crippen LogP contribution is 2.14. The second-order valence-electron chi connectivity index (χ2n) is 3.75. The van der Waals surface area contributed by atoms with Crippen LogP contribution in [0.3, 0.4) is 0 Å². The van der Waals surface area contributed by atoms with Crippen LogP contribution in [0.1, 0.15) is 22.8 Å². The lowest BCUT2D eigenvalue weighted by atomic mass is 10.2. The van der Waals surface area contributed by atoms with E-state index in [4.69, 9.17) is 4.42 Å². The van der Waals surface area contributed by atoms with Gasteiger partial charge in [0.15, 0.2) is 0 Å². The molecule has 0 unspecified atom stereocenters. The molecule has 0 saturated carbocycles. The van der Waals surface area contributed by atoms with Gasteiger partial charge in [-0.05, 0) is 13.8 Å². The molecule has 0 spiro atoms. The Morgan fingerprint density at radius 1 is 1.25 bits per heavy atom. The van der Waals surface area contributed by atoms with Gasteiger partial charge in [0.25, 0.3) is 0 Å². The van der Waals surface area contributed by atoms with Crippen molar-refractivity contribution in [3.8, 4) is 0 Å². The molecule has 86 valence electrons. The SMILES string of the molecule is Cc1nnc(NCc2c(C)nn(C)c2C)o1. The minimum Gasteiger partial charge on any atom is -0.408 e. The van der Waals surface area contributed by atoms with E-state index in [1.165, 1.54) is 5.56 Å². The molecule has 6 nitrogen and oxygen atoms in total. The first-order valence-corrected chi connectivity index (χ1v) is 5.11. The number of rotatable bonds is 3. The smallest absolute Gasteiger partial charge is 0.315 e. The summed E-state index contributed by atoms with van der Waals surface area (Å²) in [6.07, 6.45) is 0. The zero-order chi connectivity index (χ0) is 11.7. The summed E-state index contributed by atoms with van der Waals surface area (Å²) in [4.78, 5) is 0. The van der Waals surface area contributed by atoms with Crippen molar-refractivity contribution >= 4 is 6.01 Å². The van der Waals surface area contributed by atoms with Gasteiger partial charge in [0.1, 0.15) is 0 Å². The quantitative estimate of drug-likeness (QED) is 0.847. The highest BCUT2D eigenvalue weighted by Gasteiger charge is 2.10. The predicted octanol–water partition coefficient (Wildman–Crippen LogP) is 1.34. The third kappa shape index (κ3) is 1.91. The van der Waals surface area contributed by atoms with Crippen LogP contribution < -0.4 is 5.32 Å². The molecule has 2 aromatic rings. The van der Waals surface area contributed by atoms with Crippen LogP contribution in [0.15, 0.2) is 4.42 Å². The monoisotopic (exact) mass is 221 g/mol. The number of hydrogen-bond acceptors (Lipinski definition) is 5. The minimum absolute atomic E-state index is 0.445. The Bertz CT molecular complexity index is 499. The topological polar surface area (TPSA) is 68.8 Å². The number of anilines is 1. The van der Waals surface area contributed by atoms with Gasteiger partial charge in [-0.15, -0.1) is 5.10 Å². The molecule has 0 aromatic carbocycles. The van der Waals surface area contributed by atoms with Crippen molar-refractivity contribution in [1.82, 2.24) is 20.0 Å². The van der Waals surface area contributed by atoms with Crippen LogP contribution in [-0.2, 0) is 13.6 Å². The van der Waals surface area contributed by atoms with Gasteiger partial charge in [-0.2, -0.15) is 5.10 Å². The fourth-order valence-corrected chi connectivity index (χ4v) is 1.61.